The smallest absolute Gasteiger partial charge is 0.263 e. The number of hydrogen-bond acceptors (Lipinski definition) is 4. The van der Waals surface area contributed by atoms with Gasteiger partial charge >= 0.3 is 0 Å². The lowest BCUT2D eigenvalue weighted by Gasteiger charge is -2.09. The molecule has 0 atom stereocenters. The van der Waals surface area contributed by atoms with Crippen LogP contribution in [0.15, 0.2) is 29.6 Å². The Balaban J connectivity index is 2.23. The van der Waals surface area contributed by atoms with Gasteiger partial charge in [0.15, 0.2) is 0 Å². The van der Waals surface area contributed by atoms with Gasteiger partial charge < -0.3 is 9.88 Å². The van der Waals surface area contributed by atoms with E-state index in [0.717, 1.165) is 12.2 Å². The Morgan fingerprint density at radius 2 is 2.19 bits per heavy atom. The molecule has 0 saturated carbocycles. The molecule has 3 N–H and O–H groups in total. The molecule has 21 heavy (non-hydrogen) atoms. The molecule has 0 radical (unpaired) electrons. The van der Waals surface area contributed by atoms with Crippen LogP contribution in [0.25, 0.3) is 0 Å². The van der Waals surface area contributed by atoms with Crippen LogP contribution in [0.5, 0.6) is 0 Å². The molecule has 0 aliphatic carbocycles. The van der Waals surface area contributed by atoms with Crippen LogP contribution in [0, 0.1) is 0 Å². The Labute approximate surface area is 124 Å². The quantitative estimate of drug-likeness (QED) is 0.723. The van der Waals surface area contributed by atoms with Gasteiger partial charge in [-0.2, -0.15) is 5.10 Å². The average Bonchev–Trinajstić information content (AvgIpc) is 3.04. The highest BCUT2D eigenvalue weighted by atomic mass is 32.2. The molecule has 0 amide bonds. The minimum absolute atomic E-state index is 0.256. The number of sulfonamides is 1. The third kappa shape index (κ3) is 3.85. The summed E-state index contributed by atoms with van der Waals surface area (Å²) in [5.41, 5.74) is 1.36. The number of nitrogens with one attached hydrogen (secondary N) is 3. The number of nitrogens with zero attached hydrogens (tertiary/aromatic N) is 2. The SMILES string of the molecule is CCn1cc(S(=O)(=O)Nc2cn[nH]c2)cc1CNC(C)C. The van der Waals surface area contributed by atoms with Crippen LogP contribution < -0.4 is 10.0 Å². The van der Waals surface area contributed by atoms with Crippen LogP contribution in [0.4, 0.5) is 5.69 Å². The first kappa shape index (κ1) is 15.6. The van der Waals surface area contributed by atoms with Gasteiger partial charge in [-0.15, -0.1) is 0 Å². The molecule has 0 aliphatic rings. The zero-order chi connectivity index (χ0) is 15.5. The Morgan fingerprint density at radius 1 is 1.43 bits per heavy atom. The van der Waals surface area contributed by atoms with E-state index in [1.165, 1.54) is 12.4 Å². The maximum atomic E-state index is 12.3. The molecule has 0 aromatic carbocycles. The molecular formula is C13H21N5O2S. The first-order valence-electron chi connectivity index (χ1n) is 6.86. The summed E-state index contributed by atoms with van der Waals surface area (Å²) >= 11 is 0. The fourth-order valence-electron chi connectivity index (χ4n) is 1.94. The van der Waals surface area contributed by atoms with E-state index in [0.29, 0.717) is 18.3 Å². The van der Waals surface area contributed by atoms with E-state index in [-0.39, 0.29) is 4.90 Å². The van der Waals surface area contributed by atoms with Gasteiger partial charge in [-0.05, 0) is 13.0 Å². The van der Waals surface area contributed by atoms with Crippen LogP contribution in [-0.2, 0) is 23.1 Å². The Bertz CT molecular complexity index is 673. The summed E-state index contributed by atoms with van der Waals surface area (Å²) in [7, 11) is -3.59. The fourth-order valence-corrected chi connectivity index (χ4v) is 3.04. The topological polar surface area (TPSA) is 91.8 Å². The maximum absolute atomic E-state index is 12.3. The first-order chi connectivity index (χ1) is 9.92. The third-order valence-electron chi connectivity index (χ3n) is 3.05. The van der Waals surface area contributed by atoms with Gasteiger partial charge in [0.05, 0.1) is 11.9 Å². The van der Waals surface area contributed by atoms with E-state index in [1.54, 1.807) is 12.3 Å². The predicted molar refractivity (Wildman–Crippen MR) is 81.5 cm³/mol. The molecule has 2 aromatic rings. The standard InChI is InChI=1S/C13H21N5O2S/c1-4-18-9-13(5-12(18)8-14-10(2)3)21(19,20)17-11-6-15-16-7-11/h5-7,9-10,14,17H,4,8H2,1-3H3,(H,15,16). The van der Waals surface area contributed by atoms with Crippen molar-refractivity contribution in [1.29, 1.82) is 0 Å². The minimum atomic E-state index is -3.59. The Hall–Kier alpha value is -1.80. The van der Waals surface area contributed by atoms with Crippen molar-refractivity contribution in [2.75, 3.05) is 4.72 Å². The van der Waals surface area contributed by atoms with Crippen LogP contribution in [0.2, 0.25) is 0 Å². The highest BCUT2D eigenvalue weighted by molar-refractivity contribution is 7.92. The van der Waals surface area contributed by atoms with E-state index in [2.05, 4.69) is 34.1 Å². The predicted octanol–water partition coefficient (Wildman–Crippen LogP) is 1.53. The van der Waals surface area contributed by atoms with Crippen LogP contribution >= 0.6 is 0 Å². The number of aryl methyl sites for hydroxylation is 1. The van der Waals surface area contributed by atoms with Crippen molar-refractivity contribution in [1.82, 2.24) is 20.1 Å². The molecule has 2 heterocycles. The van der Waals surface area contributed by atoms with Crippen molar-refractivity contribution in [3.05, 3.63) is 30.4 Å². The largest absolute Gasteiger partial charge is 0.349 e. The summed E-state index contributed by atoms with van der Waals surface area (Å²) in [5.74, 6) is 0. The molecule has 2 rings (SSSR count). The van der Waals surface area contributed by atoms with Gasteiger partial charge in [0.1, 0.15) is 4.90 Å². The number of hydrogen-bond donors (Lipinski definition) is 3. The van der Waals surface area contributed by atoms with E-state index in [9.17, 15) is 8.42 Å². The molecule has 2 aromatic heterocycles. The Morgan fingerprint density at radius 3 is 2.76 bits per heavy atom. The second kappa shape index (κ2) is 6.31. The minimum Gasteiger partial charge on any atom is -0.349 e. The number of aromatic nitrogens is 3. The summed E-state index contributed by atoms with van der Waals surface area (Å²) in [4.78, 5) is 0.256. The molecule has 0 fully saturated rings. The van der Waals surface area contributed by atoms with E-state index in [4.69, 9.17) is 0 Å². The maximum Gasteiger partial charge on any atom is 0.263 e. The van der Waals surface area contributed by atoms with Crippen molar-refractivity contribution in [2.24, 2.45) is 0 Å². The Kier molecular flexibility index (Phi) is 4.69. The average molecular weight is 311 g/mol. The normalized spacial score (nSPS) is 12.0. The summed E-state index contributed by atoms with van der Waals surface area (Å²) in [5, 5.41) is 9.59. The zero-order valence-corrected chi connectivity index (χ0v) is 13.2. The lowest BCUT2D eigenvalue weighted by Crippen LogP contribution is -2.23. The number of anilines is 1. The number of aromatic amines is 1. The van der Waals surface area contributed by atoms with Gasteiger partial charge in [-0.3, -0.25) is 9.82 Å². The van der Waals surface area contributed by atoms with Crippen LogP contribution in [0.1, 0.15) is 26.5 Å². The van der Waals surface area contributed by atoms with Gasteiger partial charge in [0, 0.05) is 37.2 Å². The fraction of sp³-hybridized carbons (Fsp3) is 0.462. The van der Waals surface area contributed by atoms with Gasteiger partial charge in [-0.1, -0.05) is 13.8 Å². The summed E-state index contributed by atoms with van der Waals surface area (Å²) in [6, 6.07) is 2.04. The molecule has 7 nitrogen and oxygen atoms in total. The second-order valence-electron chi connectivity index (χ2n) is 5.08. The third-order valence-corrected chi connectivity index (χ3v) is 4.40. The molecule has 0 saturated heterocycles. The highest BCUT2D eigenvalue weighted by Crippen LogP contribution is 2.18. The van der Waals surface area contributed by atoms with E-state index >= 15 is 0 Å². The highest BCUT2D eigenvalue weighted by Gasteiger charge is 2.18. The number of H-pyrrole nitrogens is 1. The summed E-state index contributed by atoms with van der Waals surface area (Å²) in [6.45, 7) is 7.44. The van der Waals surface area contributed by atoms with Crippen LogP contribution in [-0.4, -0.2) is 29.2 Å². The van der Waals surface area contributed by atoms with Gasteiger partial charge in [0.25, 0.3) is 10.0 Å². The van der Waals surface area contributed by atoms with Crippen molar-refractivity contribution in [2.45, 2.75) is 44.8 Å². The van der Waals surface area contributed by atoms with Crippen molar-refractivity contribution in [3.8, 4) is 0 Å². The first-order valence-corrected chi connectivity index (χ1v) is 8.34. The van der Waals surface area contributed by atoms with Crippen molar-refractivity contribution >= 4 is 15.7 Å². The lowest BCUT2D eigenvalue weighted by molar-refractivity contribution is 0.561. The molecule has 0 unspecified atom stereocenters. The van der Waals surface area contributed by atoms with E-state index < -0.39 is 10.0 Å². The molecule has 8 heteroatoms. The van der Waals surface area contributed by atoms with Crippen molar-refractivity contribution in [3.63, 3.8) is 0 Å². The zero-order valence-electron chi connectivity index (χ0n) is 12.4. The van der Waals surface area contributed by atoms with Crippen molar-refractivity contribution < 1.29 is 8.42 Å². The van der Waals surface area contributed by atoms with Gasteiger partial charge in [0.2, 0.25) is 0 Å². The molecule has 0 aliphatic heterocycles. The molecule has 0 bridgehead atoms. The van der Waals surface area contributed by atoms with Crippen LogP contribution in [0.3, 0.4) is 0 Å². The number of rotatable bonds is 7. The van der Waals surface area contributed by atoms with Gasteiger partial charge in [-0.25, -0.2) is 8.42 Å². The summed E-state index contributed by atoms with van der Waals surface area (Å²) < 4.78 is 29.1. The summed E-state index contributed by atoms with van der Waals surface area (Å²) in [6.07, 6.45) is 4.57. The molecule has 116 valence electrons. The van der Waals surface area contributed by atoms with E-state index in [1.807, 2.05) is 11.5 Å². The lowest BCUT2D eigenvalue weighted by atomic mass is 10.3. The monoisotopic (exact) mass is 311 g/mol. The second-order valence-corrected chi connectivity index (χ2v) is 6.76. The molecular weight excluding hydrogens is 290 g/mol. The molecule has 0 spiro atoms.